The number of carboxylic acid groups (broad SMARTS) is 1. The van der Waals surface area contributed by atoms with Crippen molar-refractivity contribution in [2.24, 2.45) is 0 Å². The van der Waals surface area contributed by atoms with Crippen LogP contribution >= 0.6 is 0 Å². The number of carbonyl (C=O) groups is 1. The molecule has 3 aromatic heterocycles. The van der Waals surface area contributed by atoms with E-state index < -0.39 is 18.3 Å². The Morgan fingerprint density at radius 1 is 1.25 bits per heavy atom. The highest BCUT2D eigenvalue weighted by Gasteiger charge is 2.36. The van der Waals surface area contributed by atoms with Gasteiger partial charge in [0.2, 0.25) is 5.88 Å². The second-order valence-electron chi connectivity index (χ2n) is 6.46. The van der Waals surface area contributed by atoms with Crippen LogP contribution in [-0.4, -0.2) is 76.0 Å². The van der Waals surface area contributed by atoms with Gasteiger partial charge in [-0.15, -0.1) is 0 Å². The molecule has 0 spiro atoms. The minimum Gasteiger partial charge on any atom is -0.468 e. The van der Waals surface area contributed by atoms with Crippen molar-refractivity contribution in [3.8, 4) is 17.3 Å². The number of hydrogen-bond acceptors (Lipinski definition) is 8. The van der Waals surface area contributed by atoms with Crippen molar-refractivity contribution in [3.05, 3.63) is 24.5 Å². The number of rotatable bonds is 4. The molecule has 4 rings (SSSR count). The molecule has 146 valence electrons. The molecule has 1 aliphatic heterocycles. The van der Waals surface area contributed by atoms with E-state index in [1.54, 1.807) is 19.3 Å². The van der Waals surface area contributed by atoms with Gasteiger partial charge in [0.25, 0.3) is 0 Å². The molecule has 1 aliphatic rings. The van der Waals surface area contributed by atoms with E-state index in [0.29, 0.717) is 29.4 Å². The van der Waals surface area contributed by atoms with Crippen LogP contribution in [0.4, 0.5) is 4.79 Å². The average molecular weight is 385 g/mol. The first-order chi connectivity index (χ1) is 13.5. The van der Waals surface area contributed by atoms with Crippen LogP contribution in [0.1, 0.15) is 12.7 Å². The van der Waals surface area contributed by atoms with Gasteiger partial charge in [-0.25, -0.2) is 24.7 Å². The Labute approximate surface area is 159 Å². The molecule has 2 atom stereocenters. The van der Waals surface area contributed by atoms with Crippen LogP contribution in [-0.2, 0) is 6.54 Å². The Morgan fingerprint density at radius 3 is 2.64 bits per heavy atom. The van der Waals surface area contributed by atoms with Crippen LogP contribution in [0.25, 0.3) is 22.6 Å². The third kappa shape index (κ3) is 3.09. The molecule has 2 N–H and O–H groups in total. The molecule has 4 heterocycles. The zero-order chi connectivity index (χ0) is 19.8. The lowest BCUT2D eigenvalue weighted by Crippen LogP contribution is -2.31. The molecule has 0 saturated carbocycles. The highest BCUT2D eigenvalue weighted by Crippen LogP contribution is 2.29. The Hall–Kier alpha value is -3.34. The summed E-state index contributed by atoms with van der Waals surface area (Å²) in [5.74, 6) is 1.48. The molecule has 0 radical (unpaired) electrons. The van der Waals surface area contributed by atoms with E-state index in [0.717, 1.165) is 10.5 Å². The number of β-amino-alcohol motifs (C(OH)–C–C–N with tert-alkyl or cyclic N) is 1. The second-order valence-corrected chi connectivity index (χ2v) is 6.46. The zero-order valence-corrected chi connectivity index (χ0v) is 15.3. The minimum atomic E-state index is -1.10. The lowest BCUT2D eigenvalue weighted by molar-refractivity contribution is 0.0715. The Bertz CT molecular complexity index is 1020. The van der Waals surface area contributed by atoms with Crippen molar-refractivity contribution in [1.82, 2.24) is 34.4 Å². The standard InChI is InChI=1S/C17H19N7O4/c1-3-24-14(10-4-18-9(2)19-5-10)22-13-15(24)20-8-21-16(13)28-12-7-23(17(26)27)6-11(12)25/h4-5,8,11-12,25H,3,6-7H2,1-2H3,(H,26,27). The number of aliphatic hydroxyl groups excluding tert-OH is 1. The molecule has 11 heteroatoms. The molecule has 28 heavy (non-hydrogen) atoms. The monoisotopic (exact) mass is 385 g/mol. The van der Waals surface area contributed by atoms with E-state index >= 15 is 0 Å². The van der Waals surface area contributed by atoms with Gasteiger partial charge in [0.05, 0.1) is 18.7 Å². The zero-order valence-electron chi connectivity index (χ0n) is 15.3. The fraction of sp³-hybridized carbons (Fsp3) is 0.412. The highest BCUT2D eigenvalue weighted by molar-refractivity contribution is 5.81. The van der Waals surface area contributed by atoms with Gasteiger partial charge in [0.15, 0.2) is 11.2 Å². The van der Waals surface area contributed by atoms with E-state index in [-0.39, 0.29) is 19.0 Å². The summed E-state index contributed by atoms with van der Waals surface area (Å²) in [5, 5.41) is 19.2. The number of amides is 1. The normalized spacial score (nSPS) is 19.3. The summed E-state index contributed by atoms with van der Waals surface area (Å²) >= 11 is 0. The minimum absolute atomic E-state index is 0.0103. The van der Waals surface area contributed by atoms with E-state index in [1.165, 1.54) is 6.33 Å². The van der Waals surface area contributed by atoms with Crippen LogP contribution in [0.15, 0.2) is 18.7 Å². The highest BCUT2D eigenvalue weighted by atomic mass is 16.5. The number of aromatic nitrogens is 6. The van der Waals surface area contributed by atoms with Gasteiger partial charge in [-0.2, -0.15) is 4.98 Å². The molecule has 0 bridgehead atoms. The summed E-state index contributed by atoms with van der Waals surface area (Å²) in [6.07, 6.45) is 1.96. The molecular formula is C17H19N7O4. The number of aryl methyl sites for hydroxylation is 2. The van der Waals surface area contributed by atoms with E-state index in [2.05, 4.69) is 24.9 Å². The third-order valence-electron chi connectivity index (χ3n) is 4.62. The van der Waals surface area contributed by atoms with E-state index in [9.17, 15) is 9.90 Å². The predicted octanol–water partition coefficient (Wildman–Crippen LogP) is 0.714. The van der Waals surface area contributed by atoms with Crippen molar-refractivity contribution < 1.29 is 19.7 Å². The van der Waals surface area contributed by atoms with E-state index in [4.69, 9.17) is 9.84 Å². The Kier molecular flexibility index (Phi) is 4.51. The lowest BCUT2D eigenvalue weighted by atomic mass is 10.2. The van der Waals surface area contributed by atoms with Crippen molar-refractivity contribution in [3.63, 3.8) is 0 Å². The van der Waals surface area contributed by atoms with Crippen molar-refractivity contribution >= 4 is 17.3 Å². The Morgan fingerprint density at radius 2 is 2.00 bits per heavy atom. The van der Waals surface area contributed by atoms with Crippen molar-refractivity contribution in [2.75, 3.05) is 13.1 Å². The smallest absolute Gasteiger partial charge is 0.407 e. The maximum absolute atomic E-state index is 11.1. The summed E-state index contributed by atoms with van der Waals surface area (Å²) in [5.41, 5.74) is 1.74. The number of ether oxygens (including phenoxy) is 1. The molecule has 11 nitrogen and oxygen atoms in total. The first-order valence-electron chi connectivity index (χ1n) is 8.80. The van der Waals surface area contributed by atoms with Crippen LogP contribution in [0, 0.1) is 6.92 Å². The fourth-order valence-electron chi connectivity index (χ4n) is 3.20. The largest absolute Gasteiger partial charge is 0.468 e. The lowest BCUT2D eigenvalue weighted by Gasteiger charge is -2.15. The number of aliphatic hydroxyl groups is 1. The summed E-state index contributed by atoms with van der Waals surface area (Å²) < 4.78 is 7.73. The number of likely N-dealkylation sites (tertiary alicyclic amines) is 1. The number of nitrogens with zero attached hydrogens (tertiary/aromatic N) is 7. The predicted molar refractivity (Wildman–Crippen MR) is 96.8 cm³/mol. The molecule has 0 aliphatic carbocycles. The van der Waals surface area contributed by atoms with Gasteiger partial charge in [0.1, 0.15) is 30.2 Å². The van der Waals surface area contributed by atoms with Gasteiger partial charge >= 0.3 is 6.09 Å². The van der Waals surface area contributed by atoms with Crippen molar-refractivity contribution in [1.29, 1.82) is 0 Å². The topological polar surface area (TPSA) is 139 Å². The summed E-state index contributed by atoms with van der Waals surface area (Å²) in [6.45, 7) is 4.42. The number of hydrogen-bond donors (Lipinski definition) is 2. The molecule has 1 fully saturated rings. The van der Waals surface area contributed by atoms with E-state index in [1.807, 2.05) is 11.5 Å². The van der Waals surface area contributed by atoms with Gasteiger partial charge in [-0.05, 0) is 13.8 Å². The van der Waals surface area contributed by atoms with Crippen LogP contribution in [0.2, 0.25) is 0 Å². The maximum atomic E-state index is 11.1. The first-order valence-corrected chi connectivity index (χ1v) is 8.80. The number of imidazole rings is 1. The van der Waals surface area contributed by atoms with Crippen LogP contribution in [0.3, 0.4) is 0 Å². The summed E-state index contributed by atoms with van der Waals surface area (Å²) in [6, 6.07) is 0. The molecule has 3 aromatic rings. The van der Waals surface area contributed by atoms with Gasteiger partial charge < -0.3 is 24.4 Å². The second kappa shape index (κ2) is 7.00. The van der Waals surface area contributed by atoms with Gasteiger partial charge in [-0.3, -0.25) is 0 Å². The summed E-state index contributed by atoms with van der Waals surface area (Å²) in [7, 11) is 0. The third-order valence-corrected chi connectivity index (χ3v) is 4.62. The molecule has 1 saturated heterocycles. The van der Waals surface area contributed by atoms with Crippen LogP contribution < -0.4 is 4.74 Å². The maximum Gasteiger partial charge on any atom is 0.407 e. The van der Waals surface area contributed by atoms with Gasteiger partial charge in [0, 0.05) is 18.9 Å². The Balaban J connectivity index is 1.72. The molecule has 0 aromatic carbocycles. The SMILES string of the molecule is CCn1c(-c2cnc(C)nc2)nc2c(OC3CN(C(=O)O)CC3O)ncnc21. The fourth-order valence-corrected chi connectivity index (χ4v) is 3.20. The summed E-state index contributed by atoms with van der Waals surface area (Å²) in [4.78, 5) is 33.8. The molecular weight excluding hydrogens is 366 g/mol. The van der Waals surface area contributed by atoms with Gasteiger partial charge in [-0.1, -0.05) is 0 Å². The number of fused-ring (bicyclic) bond motifs is 1. The van der Waals surface area contributed by atoms with Crippen LogP contribution in [0.5, 0.6) is 5.88 Å². The molecule has 1 amide bonds. The van der Waals surface area contributed by atoms with Crippen molar-refractivity contribution in [2.45, 2.75) is 32.6 Å². The average Bonchev–Trinajstić information content (AvgIpc) is 3.24. The first kappa shape index (κ1) is 18.0. The molecule has 2 unspecified atom stereocenters. The quantitative estimate of drug-likeness (QED) is 0.664.